The van der Waals surface area contributed by atoms with Crippen LogP contribution < -0.4 is 0 Å². The van der Waals surface area contributed by atoms with Gasteiger partial charge in [0.25, 0.3) is 0 Å². The van der Waals surface area contributed by atoms with E-state index in [4.69, 9.17) is 9.47 Å². The number of ether oxygens (including phenoxy) is 2. The molecule has 2 fully saturated rings. The van der Waals surface area contributed by atoms with E-state index < -0.39 is 12.2 Å². The minimum Gasteiger partial charge on any atom is -0.455 e. The Kier molecular flexibility index (Phi) is 5.68. The van der Waals surface area contributed by atoms with Crippen LogP contribution in [0.1, 0.15) is 76.3 Å². The molecule has 4 unspecified atom stereocenters. The molecule has 35 heavy (non-hydrogen) atoms. The average Bonchev–Trinajstić information content (AvgIpc) is 3.50. The van der Waals surface area contributed by atoms with Gasteiger partial charge >= 0.3 is 11.9 Å². The van der Waals surface area contributed by atoms with Gasteiger partial charge in [0.05, 0.1) is 11.1 Å². The number of esters is 2. The van der Waals surface area contributed by atoms with E-state index in [0.717, 1.165) is 0 Å². The van der Waals surface area contributed by atoms with Gasteiger partial charge in [-0.2, -0.15) is 0 Å². The largest absolute Gasteiger partial charge is 0.455 e. The van der Waals surface area contributed by atoms with Gasteiger partial charge < -0.3 is 9.47 Å². The molecule has 2 saturated carbocycles. The van der Waals surface area contributed by atoms with Crippen molar-refractivity contribution >= 4 is 11.9 Å². The van der Waals surface area contributed by atoms with Crippen LogP contribution in [0.25, 0.3) is 0 Å². The van der Waals surface area contributed by atoms with Crippen LogP contribution in [-0.4, -0.2) is 24.1 Å². The van der Waals surface area contributed by atoms with E-state index >= 15 is 0 Å². The molecular formula is C31H30O4. The molecule has 4 atom stereocenters. The highest BCUT2D eigenvalue weighted by molar-refractivity contribution is 5.90. The van der Waals surface area contributed by atoms with Gasteiger partial charge in [-0.3, -0.25) is 0 Å². The third-order valence-electron chi connectivity index (χ3n) is 8.51. The Morgan fingerprint density at radius 1 is 0.657 bits per heavy atom. The molecule has 178 valence electrons. The standard InChI is InChI=1S/C31H30O4/c32-29(21-11-3-1-4-12-21)34-27-19-24-23-15-7-8-16-25(23)31(17-9-10-18-31)26(24)20-28(27)35-30(33)22-13-5-2-6-14-22/h1-8,11-16,24,26-28H,9-10,17-20H2. The Labute approximate surface area is 206 Å². The maximum atomic E-state index is 13.1. The SMILES string of the molecule is O=C(OC1CC2c3ccccc3C3(CCCC3)C2CC1OC(=O)c1ccccc1)c1ccccc1. The molecule has 0 N–H and O–H groups in total. The number of carbonyl (C=O) groups excluding carboxylic acids is 2. The number of rotatable bonds is 4. The summed E-state index contributed by atoms with van der Waals surface area (Å²) in [4.78, 5) is 26.1. The molecule has 3 aromatic carbocycles. The molecule has 0 aromatic heterocycles. The molecule has 4 heteroatoms. The molecule has 6 rings (SSSR count). The Bertz CT molecular complexity index is 1210. The zero-order valence-electron chi connectivity index (χ0n) is 19.8. The normalized spacial score (nSPS) is 26.1. The number of carbonyl (C=O) groups is 2. The molecule has 3 aliphatic carbocycles. The van der Waals surface area contributed by atoms with Gasteiger partial charge in [0, 0.05) is 0 Å². The van der Waals surface area contributed by atoms with Crippen molar-refractivity contribution < 1.29 is 19.1 Å². The van der Waals surface area contributed by atoms with Crippen molar-refractivity contribution in [2.24, 2.45) is 5.92 Å². The molecule has 0 saturated heterocycles. The average molecular weight is 467 g/mol. The second-order valence-electron chi connectivity index (χ2n) is 10.3. The molecule has 4 nitrogen and oxygen atoms in total. The van der Waals surface area contributed by atoms with Crippen LogP contribution in [0.4, 0.5) is 0 Å². The predicted molar refractivity (Wildman–Crippen MR) is 133 cm³/mol. The molecule has 3 aliphatic rings. The second-order valence-corrected chi connectivity index (χ2v) is 10.3. The van der Waals surface area contributed by atoms with E-state index in [1.165, 1.54) is 36.8 Å². The highest BCUT2D eigenvalue weighted by Gasteiger charge is 2.57. The maximum Gasteiger partial charge on any atom is 0.338 e. The third-order valence-corrected chi connectivity index (χ3v) is 8.51. The van der Waals surface area contributed by atoms with Crippen molar-refractivity contribution in [2.45, 2.75) is 62.1 Å². The highest BCUT2D eigenvalue weighted by atomic mass is 16.6. The van der Waals surface area contributed by atoms with Crippen molar-refractivity contribution in [1.29, 1.82) is 0 Å². The summed E-state index contributed by atoms with van der Waals surface area (Å²) in [6.45, 7) is 0. The van der Waals surface area contributed by atoms with Crippen molar-refractivity contribution in [1.82, 2.24) is 0 Å². The van der Waals surface area contributed by atoms with Crippen LogP contribution in [0.2, 0.25) is 0 Å². The first-order chi connectivity index (χ1) is 17.2. The summed E-state index contributed by atoms with van der Waals surface area (Å²) in [5.41, 5.74) is 4.05. The summed E-state index contributed by atoms with van der Waals surface area (Å²) < 4.78 is 12.2. The van der Waals surface area contributed by atoms with Gasteiger partial charge in [0.1, 0.15) is 12.2 Å². The van der Waals surface area contributed by atoms with Crippen LogP contribution in [0, 0.1) is 5.92 Å². The van der Waals surface area contributed by atoms with E-state index in [2.05, 4.69) is 24.3 Å². The second kappa shape index (κ2) is 8.99. The lowest BCUT2D eigenvalue weighted by atomic mass is 9.65. The summed E-state index contributed by atoms with van der Waals surface area (Å²) in [6.07, 6.45) is 5.26. The first-order valence-corrected chi connectivity index (χ1v) is 12.8. The van der Waals surface area contributed by atoms with Crippen LogP contribution >= 0.6 is 0 Å². The van der Waals surface area contributed by atoms with Gasteiger partial charge in [-0.05, 0) is 78.3 Å². The van der Waals surface area contributed by atoms with Crippen LogP contribution in [0.3, 0.4) is 0 Å². The Balaban J connectivity index is 1.33. The minimum atomic E-state index is -0.485. The summed E-state index contributed by atoms with van der Waals surface area (Å²) in [5.74, 6) is -0.0188. The van der Waals surface area contributed by atoms with Gasteiger partial charge in [0.2, 0.25) is 0 Å². The van der Waals surface area contributed by atoms with Crippen molar-refractivity contribution in [3.05, 3.63) is 107 Å². The fourth-order valence-corrected chi connectivity index (χ4v) is 7.01. The molecule has 1 spiro atoms. The lowest BCUT2D eigenvalue weighted by Gasteiger charge is -2.43. The molecule has 0 heterocycles. The summed E-state index contributed by atoms with van der Waals surface area (Å²) in [6, 6.07) is 27.0. The van der Waals surface area contributed by atoms with Crippen LogP contribution in [0.5, 0.6) is 0 Å². The number of fused-ring (bicyclic) bond motifs is 5. The summed E-state index contributed by atoms with van der Waals surface area (Å²) >= 11 is 0. The lowest BCUT2D eigenvalue weighted by Crippen LogP contribution is -2.46. The van der Waals surface area contributed by atoms with Crippen molar-refractivity contribution in [3.8, 4) is 0 Å². The quantitative estimate of drug-likeness (QED) is 0.414. The fourth-order valence-electron chi connectivity index (χ4n) is 7.01. The Morgan fingerprint density at radius 3 is 1.77 bits per heavy atom. The third kappa shape index (κ3) is 3.85. The first-order valence-electron chi connectivity index (χ1n) is 12.8. The first kappa shape index (κ1) is 22.1. The van der Waals surface area contributed by atoms with Gasteiger partial charge in [-0.25, -0.2) is 9.59 Å². The Morgan fingerprint density at radius 2 is 1.17 bits per heavy atom. The topological polar surface area (TPSA) is 52.6 Å². The fraction of sp³-hybridized carbons (Fsp3) is 0.355. The number of benzene rings is 3. The zero-order chi connectivity index (χ0) is 23.8. The van der Waals surface area contributed by atoms with E-state index in [0.29, 0.717) is 35.8 Å². The minimum absolute atomic E-state index is 0.146. The number of hydrogen-bond acceptors (Lipinski definition) is 4. The van der Waals surface area contributed by atoms with Crippen molar-refractivity contribution in [3.63, 3.8) is 0 Å². The van der Waals surface area contributed by atoms with Crippen LogP contribution in [-0.2, 0) is 14.9 Å². The summed E-state index contributed by atoms with van der Waals surface area (Å²) in [5, 5.41) is 0. The molecule has 3 aromatic rings. The lowest BCUT2D eigenvalue weighted by molar-refractivity contribution is -0.0713. The van der Waals surface area contributed by atoms with Gasteiger partial charge in [-0.15, -0.1) is 0 Å². The molecule has 0 aliphatic heterocycles. The van der Waals surface area contributed by atoms with E-state index in [9.17, 15) is 9.59 Å². The van der Waals surface area contributed by atoms with Gasteiger partial charge in [-0.1, -0.05) is 73.5 Å². The highest BCUT2D eigenvalue weighted by Crippen LogP contribution is 2.62. The molecule has 0 amide bonds. The zero-order valence-corrected chi connectivity index (χ0v) is 19.8. The number of hydrogen-bond donors (Lipinski definition) is 0. The van der Waals surface area contributed by atoms with E-state index in [1.54, 1.807) is 24.3 Å². The van der Waals surface area contributed by atoms with Crippen LogP contribution in [0.15, 0.2) is 84.9 Å². The van der Waals surface area contributed by atoms with E-state index in [-0.39, 0.29) is 17.4 Å². The Hall–Kier alpha value is -3.40. The predicted octanol–water partition coefficient (Wildman–Crippen LogP) is 6.46. The molecular weight excluding hydrogens is 436 g/mol. The molecule has 0 radical (unpaired) electrons. The van der Waals surface area contributed by atoms with Gasteiger partial charge in [0.15, 0.2) is 0 Å². The van der Waals surface area contributed by atoms with Crippen molar-refractivity contribution in [2.75, 3.05) is 0 Å². The monoisotopic (exact) mass is 466 g/mol. The maximum absolute atomic E-state index is 13.1. The molecule has 0 bridgehead atoms. The van der Waals surface area contributed by atoms with E-state index in [1.807, 2.05) is 36.4 Å². The smallest absolute Gasteiger partial charge is 0.338 e. The summed E-state index contributed by atoms with van der Waals surface area (Å²) in [7, 11) is 0.